The number of nitrogens with one attached hydrogen (secondary N) is 2. The zero-order chi connectivity index (χ0) is 32.8. The Morgan fingerprint density at radius 3 is 2.33 bits per heavy atom. The van der Waals surface area contributed by atoms with Gasteiger partial charge in [-0.05, 0) is 101 Å². The fourth-order valence-electron chi connectivity index (χ4n) is 4.65. The Bertz CT molecular complexity index is 1830. The molecule has 0 spiro atoms. The number of hydrogen-bond donors (Lipinski definition) is 2. The zero-order valence-corrected chi connectivity index (χ0v) is 29.1. The lowest BCUT2D eigenvalue weighted by molar-refractivity contribution is -0.121. The first-order valence-corrected chi connectivity index (χ1v) is 16.6. The SMILES string of the molecule is COc1cc(Br)c(/C=C(\NC(=O)c2ccccc2)C(=O)Nc2cccc(S[C@@H]3CC(=O)N(c4ccc(I)cc4)C3=O)c2)cc1OC. The molecule has 1 aliphatic heterocycles. The van der Waals surface area contributed by atoms with E-state index >= 15 is 0 Å². The van der Waals surface area contributed by atoms with Crippen molar-refractivity contribution in [3.05, 3.63) is 116 Å². The lowest BCUT2D eigenvalue weighted by Gasteiger charge is -2.15. The van der Waals surface area contributed by atoms with E-state index in [1.165, 1.54) is 37.0 Å². The van der Waals surface area contributed by atoms with E-state index in [0.29, 0.717) is 43.4 Å². The Kier molecular flexibility index (Phi) is 10.8. The van der Waals surface area contributed by atoms with Gasteiger partial charge in [-0.15, -0.1) is 11.8 Å². The van der Waals surface area contributed by atoms with Gasteiger partial charge in [-0.3, -0.25) is 19.2 Å². The highest BCUT2D eigenvalue weighted by atomic mass is 127. The first-order chi connectivity index (χ1) is 22.2. The maximum atomic E-state index is 13.7. The lowest BCUT2D eigenvalue weighted by Crippen LogP contribution is -2.31. The summed E-state index contributed by atoms with van der Waals surface area (Å²) in [5.41, 5.74) is 1.89. The van der Waals surface area contributed by atoms with E-state index in [4.69, 9.17) is 9.47 Å². The van der Waals surface area contributed by atoms with Crippen LogP contribution in [-0.4, -0.2) is 43.1 Å². The van der Waals surface area contributed by atoms with E-state index in [1.807, 2.05) is 12.1 Å². The molecule has 4 aromatic rings. The number of nitrogens with zero attached hydrogens (tertiary/aromatic N) is 1. The number of carbonyl (C=O) groups is 4. The minimum absolute atomic E-state index is 0.0236. The minimum atomic E-state index is -0.610. The van der Waals surface area contributed by atoms with Gasteiger partial charge in [0.15, 0.2) is 11.5 Å². The number of imide groups is 1. The van der Waals surface area contributed by atoms with E-state index in [-0.39, 0.29) is 23.9 Å². The van der Waals surface area contributed by atoms with E-state index in [2.05, 4.69) is 49.2 Å². The van der Waals surface area contributed by atoms with Gasteiger partial charge >= 0.3 is 0 Å². The van der Waals surface area contributed by atoms with Crippen molar-refractivity contribution < 1.29 is 28.7 Å². The average molecular weight is 812 g/mol. The highest BCUT2D eigenvalue weighted by molar-refractivity contribution is 14.1. The van der Waals surface area contributed by atoms with Crippen molar-refractivity contribution >= 4 is 91.4 Å². The number of hydrogen-bond acceptors (Lipinski definition) is 7. The fraction of sp³-hybridized carbons (Fsp3) is 0.118. The van der Waals surface area contributed by atoms with Crippen molar-refractivity contribution in [3.8, 4) is 11.5 Å². The molecule has 0 bridgehead atoms. The first-order valence-electron chi connectivity index (χ1n) is 13.9. The highest BCUT2D eigenvalue weighted by Gasteiger charge is 2.40. The summed E-state index contributed by atoms with van der Waals surface area (Å²) in [7, 11) is 3.02. The quantitative estimate of drug-likeness (QED) is 0.102. The van der Waals surface area contributed by atoms with E-state index < -0.39 is 17.1 Å². The van der Waals surface area contributed by atoms with Crippen LogP contribution in [0.3, 0.4) is 0 Å². The summed E-state index contributed by atoms with van der Waals surface area (Å²) in [6, 6.07) is 26.1. The van der Waals surface area contributed by atoms with Crippen LogP contribution in [0.4, 0.5) is 11.4 Å². The van der Waals surface area contributed by atoms with Gasteiger partial charge in [-0.2, -0.15) is 0 Å². The van der Waals surface area contributed by atoms with Gasteiger partial charge in [0.05, 0.1) is 25.2 Å². The number of amides is 4. The molecule has 0 radical (unpaired) electrons. The van der Waals surface area contributed by atoms with Gasteiger partial charge < -0.3 is 20.1 Å². The summed E-state index contributed by atoms with van der Waals surface area (Å²) < 4.78 is 12.4. The molecular weight excluding hydrogens is 785 g/mol. The summed E-state index contributed by atoms with van der Waals surface area (Å²) in [6.45, 7) is 0. The van der Waals surface area contributed by atoms with Crippen LogP contribution in [0.2, 0.25) is 0 Å². The first kappa shape index (κ1) is 33.2. The van der Waals surface area contributed by atoms with Crippen molar-refractivity contribution in [2.24, 2.45) is 0 Å². The van der Waals surface area contributed by atoms with Crippen LogP contribution in [-0.2, 0) is 14.4 Å². The number of rotatable bonds is 10. The van der Waals surface area contributed by atoms with Crippen molar-refractivity contribution in [3.63, 3.8) is 0 Å². The number of methoxy groups -OCH3 is 2. The lowest BCUT2D eigenvalue weighted by atomic mass is 10.1. The Hall–Kier alpha value is -4.14. The van der Waals surface area contributed by atoms with Crippen LogP contribution >= 0.6 is 50.3 Å². The summed E-state index contributed by atoms with van der Waals surface area (Å²) in [4.78, 5) is 54.7. The molecule has 1 fully saturated rings. The van der Waals surface area contributed by atoms with Gasteiger partial charge in [0.25, 0.3) is 11.8 Å². The summed E-state index contributed by atoms with van der Waals surface area (Å²) in [5.74, 6) is -0.672. The molecule has 1 heterocycles. The molecular formula is C34H27BrIN3O6S. The third kappa shape index (κ3) is 7.80. The molecule has 1 aliphatic rings. The van der Waals surface area contributed by atoms with E-state index in [0.717, 1.165) is 3.57 Å². The van der Waals surface area contributed by atoms with Gasteiger partial charge in [0.1, 0.15) is 5.70 Å². The van der Waals surface area contributed by atoms with Crippen molar-refractivity contribution in [1.82, 2.24) is 5.32 Å². The summed E-state index contributed by atoms with van der Waals surface area (Å²) in [6.07, 6.45) is 1.59. The molecule has 5 rings (SSSR count). The fourth-order valence-corrected chi connectivity index (χ4v) is 6.56. The minimum Gasteiger partial charge on any atom is -0.493 e. The van der Waals surface area contributed by atoms with E-state index in [9.17, 15) is 19.2 Å². The van der Waals surface area contributed by atoms with Crippen molar-refractivity contribution in [2.45, 2.75) is 16.6 Å². The third-order valence-electron chi connectivity index (χ3n) is 6.89. The van der Waals surface area contributed by atoms with Crippen molar-refractivity contribution in [2.75, 3.05) is 24.4 Å². The van der Waals surface area contributed by atoms with Crippen molar-refractivity contribution in [1.29, 1.82) is 0 Å². The van der Waals surface area contributed by atoms with Crippen LogP contribution in [0.15, 0.2) is 106 Å². The molecule has 1 saturated heterocycles. The molecule has 4 amide bonds. The Balaban J connectivity index is 1.37. The zero-order valence-electron chi connectivity index (χ0n) is 24.6. The van der Waals surface area contributed by atoms with Gasteiger partial charge in [-0.25, -0.2) is 4.90 Å². The Morgan fingerprint density at radius 1 is 0.935 bits per heavy atom. The van der Waals surface area contributed by atoms with Gasteiger partial charge in [0.2, 0.25) is 11.8 Å². The second-order valence-electron chi connectivity index (χ2n) is 9.94. The normalized spacial score (nSPS) is 14.7. The molecule has 1 atom stereocenters. The van der Waals surface area contributed by atoms with Crippen LogP contribution in [0.1, 0.15) is 22.3 Å². The number of benzene rings is 4. The number of ether oxygens (including phenoxy) is 2. The van der Waals surface area contributed by atoms with Crippen LogP contribution in [0.5, 0.6) is 11.5 Å². The predicted octanol–water partition coefficient (Wildman–Crippen LogP) is 6.90. The number of carbonyl (C=O) groups excluding carboxylic acids is 4. The second kappa shape index (κ2) is 15.0. The second-order valence-corrected chi connectivity index (χ2v) is 13.3. The van der Waals surface area contributed by atoms with Crippen LogP contribution < -0.4 is 25.0 Å². The van der Waals surface area contributed by atoms with Crippen LogP contribution in [0.25, 0.3) is 6.08 Å². The molecule has 2 N–H and O–H groups in total. The number of halogens is 2. The van der Waals surface area contributed by atoms with Gasteiger partial charge in [-0.1, -0.05) is 40.2 Å². The molecule has 234 valence electrons. The number of thioether (sulfide) groups is 1. The average Bonchev–Trinajstić information content (AvgIpc) is 3.33. The molecule has 0 aliphatic carbocycles. The molecule has 46 heavy (non-hydrogen) atoms. The Morgan fingerprint density at radius 2 is 1.63 bits per heavy atom. The molecule has 4 aromatic carbocycles. The maximum Gasteiger partial charge on any atom is 0.272 e. The summed E-state index contributed by atoms with van der Waals surface area (Å²) >= 11 is 6.93. The molecule has 0 saturated carbocycles. The third-order valence-corrected chi connectivity index (χ3v) is 9.48. The van der Waals surface area contributed by atoms with Gasteiger partial charge in [0, 0.05) is 30.6 Å². The topological polar surface area (TPSA) is 114 Å². The predicted molar refractivity (Wildman–Crippen MR) is 190 cm³/mol. The van der Waals surface area contributed by atoms with E-state index in [1.54, 1.807) is 78.9 Å². The molecule has 0 aromatic heterocycles. The number of anilines is 2. The monoisotopic (exact) mass is 811 g/mol. The Labute approximate surface area is 292 Å². The smallest absolute Gasteiger partial charge is 0.272 e. The largest absolute Gasteiger partial charge is 0.493 e. The standard InChI is InChI=1S/C34H27BrIN3O6S/c1-44-28-16-21(26(35)18-29(28)45-2)15-27(38-32(41)20-7-4-3-5-8-20)33(42)37-23-9-6-10-25(17-23)46-30-19-31(40)39(34(30)43)24-13-11-22(36)12-14-24/h3-18,30H,19H2,1-2H3,(H,37,42)(H,38,41)/b27-15-/t30-/m1/s1. The maximum absolute atomic E-state index is 13.7. The summed E-state index contributed by atoms with van der Waals surface area (Å²) in [5, 5.41) is 4.96. The molecule has 12 heteroatoms. The highest BCUT2D eigenvalue weighted by Crippen LogP contribution is 2.36. The van der Waals surface area contributed by atoms with Crippen LogP contribution in [0, 0.1) is 3.57 Å². The molecule has 0 unspecified atom stereocenters. The molecule has 9 nitrogen and oxygen atoms in total.